The number of methoxy groups -OCH3 is 1. The Kier molecular flexibility index (Phi) is 5.86. The number of carbonyl (C=O) groups excluding carboxylic acids is 1. The summed E-state index contributed by atoms with van der Waals surface area (Å²) < 4.78 is 7.39. The first kappa shape index (κ1) is 17.2. The van der Waals surface area contributed by atoms with Crippen LogP contribution in [-0.2, 0) is 22.5 Å². The maximum Gasteiger partial charge on any atom is 0.149 e. The van der Waals surface area contributed by atoms with E-state index in [1.807, 2.05) is 12.1 Å². The number of fused-ring (bicyclic) bond motifs is 1. The van der Waals surface area contributed by atoms with Gasteiger partial charge in [-0.15, -0.1) is 0 Å². The maximum absolute atomic E-state index is 10.8. The fraction of sp³-hybridized carbons (Fsp3) is 0.286. The summed E-state index contributed by atoms with van der Waals surface area (Å²) in [6.07, 6.45) is 4.30. The van der Waals surface area contributed by atoms with Crippen LogP contribution in [0.1, 0.15) is 12.0 Å². The minimum atomic E-state index is -0.366. The van der Waals surface area contributed by atoms with Crippen molar-refractivity contribution < 1.29 is 9.53 Å². The average molecular weight is 336 g/mol. The van der Waals surface area contributed by atoms with Gasteiger partial charge in [-0.1, -0.05) is 30.3 Å². The minimum Gasteiger partial charge on any atom is -0.385 e. The number of anilines is 1. The van der Waals surface area contributed by atoms with Crippen LogP contribution >= 0.6 is 0 Å². The summed E-state index contributed by atoms with van der Waals surface area (Å²) in [7, 11) is 1.56. The third kappa shape index (κ3) is 4.48. The lowest BCUT2D eigenvalue weighted by atomic mass is 10.1. The number of nitrogens with one attached hydrogen (secondary N) is 1. The van der Waals surface area contributed by atoms with E-state index in [1.165, 1.54) is 10.9 Å². The second-order valence-electron chi connectivity index (χ2n) is 6.16. The van der Waals surface area contributed by atoms with Crippen molar-refractivity contribution in [1.82, 2.24) is 4.57 Å². The van der Waals surface area contributed by atoms with Crippen molar-refractivity contribution in [3.05, 3.63) is 66.4 Å². The molecule has 0 fully saturated rings. The van der Waals surface area contributed by atoms with E-state index < -0.39 is 0 Å². The molecule has 0 aliphatic heterocycles. The van der Waals surface area contributed by atoms with Gasteiger partial charge < -0.3 is 19.4 Å². The van der Waals surface area contributed by atoms with Crippen molar-refractivity contribution in [2.24, 2.45) is 0 Å². The fourth-order valence-corrected chi connectivity index (χ4v) is 3.00. The molecule has 3 rings (SSSR count). The van der Waals surface area contributed by atoms with Gasteiger partial charge >= 0.3 is 0 Å². The Morgan fingerprint density at radius 1 is 1.12 bits per heavy atom. The molecule has 4 heteroatoms. The Balaban J connectivity index is 1.46. The second-order valence-corrected chi connectivity index (χ2v) is 6.16. The molecule has 1 heterocycles. The maximum atomic E-state index is 10.8. The molecule has 0 amide bonds. The van der Waals surface area contributed by atoms with Crippen LogP contribution in [0.5, 0.6) is 0 Å². The van der Waals surface area contributed by atoms with Crippen LogP contribution < -0.4 is 5.32 Å². The Morgan fingerprint density at radius 3 is 2.68 bits per heavy atom. The van der Waals surface area contributed by atoms with Crippen LogP contribution in [0.25, 0.3) is 10.9 Å². The molecule has 0 aliphatic carbocycles. The van der Waals surface area contributed by atoms with E-state index in [0.29, 0.717) is 6.42 Å². The van der Waals surface area contributed by atoms with Gasteiger partial charge in [-0.25, -0.2) is 0 Å². The highest BCUT2D eigenvalue weighted by molar-refractivity contribution is 5.79. The quantitative estimate of drug-likeness (QED) is 0.476. The number of nitrogens with zero attached hydrogens (tertiary/aromatic N) is 1. The van der Waals surface area contributed by atoms with Gasteiger partial charge in [0.05, 0.1) is 0 Å². The molecule has 0 radical (unpaired) electrons. The van der Waals surface area contributed by atoms with Gasteiger partial charge in [0.1, 0.15) is 12.4 Å². The zero-order valence-electron chi connectivity index (χ0n) is 14.5. The van der Waals surface area contributed by atoms with E-state index in [9.17, 15) is 4.79 Å². The van der Waals surface area contributed by atoms with Crippen LogP contribution in [0.3, 0.4) is 0 Å². The van der Waals surface area contributed by atoms with Gasteiger partial charge in [0.25, 0.3) is 0 Å². The van der Waals surface area contributed by atoms with Gasteiger partial charge in [-0.2, -0.15) is 0 Å². The molecule has 25 heavy (non-hydrogen) atoms. The fourth-order valence-electron chi connectivity index (χ4n) is 3.00. The number of hydrogen-bond acceptors (Lipinski definition) is 3. The summed E-state index contributed by atoms with van der Waals surface area (Å²) in [4.78, 5) is 10.8. The largest absolute Gasteiger partial charge is 0.385 e. The average Bonchev–Trinajstić information content (AvgIpc) is 3.07. The zero-order valence-corrected chi connectivity index (χ0v) is 14.5. The van der Waals surface area contributed by atoms with E-state index in [-0.39, 0.29) is 6.10 Å². The summed E-state index contributed by atoms with van der Waals surface area (Å²) >= 11 is 0. The Bertz CT molecular complexity index is 808. The molecular formula is C21H24N2O2. The first-order valence-corrected chi connectivity index (χ1v) is 8.65. The highest BCUT2D eigenvalue weighted by atomic mass is 16.5. The van der Waals surface area contributed by atoms with Gasteiger partial charge in [0.15, 0.2) is 0 Å². The van der Waals surface area contributed by atoms with Crippen LogP contribution in [0.4, 0.5) is 5.69 Å². The van der Waals surface area contributed by atoms with Gasteiger partial charge in [-0.05, 0) is 41.6 Å². The number of carbonyl (C=O) groups is 1. The molecule has 4 nitrogen and oxygen atoms in total. The Labute approximate surface area is 148 Å². The van der Waals surface area contributed by atoms with Gasteiger partial charge in [0.2, 0.25) is 0 Å². The highest BCUT2D eigenvalue weighted by Gasteiger charge is 2.06. The predicted molar refractivity (Wildman–Crippen MR) is 102 cm³/mol. The molecule has 1 N–H and O–H groups in total. The lowest BCUT2D eigenvalue weighted by Crippen LogP contribution is -2.15. The molecule has 0 saturated heterocycles. The smallest absolute Gasteiger partial charge is 0.149 e. The third-order valence-electron chi connectivity index (χ3n) is 4.43. The molecule has 0 unspecified atom stereocenters. The van der Waals surface area contributed by atoms with Crippen LogP contribution in [-0.4, -0.2) is 30.6 Å². The van der Waals surface area contributed by atoms with E-state index in [2.05, 4.69) is 58.5 Å². The Morgan fingerprint density at radius 2 is 1.92 bits per heavy atom. The van der Waals surface area contributed by atoms with Crippen molar-refractivity contribution in [3.8, 4) is 0 Å². The highest BCUT2D eigenvalue weighted by Crippen LogP contribution is 2.16. The Hall–Kier alpha value is -2.59. The van der Waals surface area contributed by atoms with Crippen LogP contribution in [0, 0.1) is 0 Å². The number of para-hydroxylation sites is 1. The molecule has 0 aliphatic rings. The lowest BCUT2D eigenvalue weighted by molar-refractivity contribution is -0.116. The zero-order chi connectivity index (χ0) is 17.5. The number of aryl methyl sites for hydroxylation is 1. The predicted octanol–water partition coefficient (Wildman–Crippen LogP) is 3.90. The number of ether oxygens (including phenoxy) is 1. The normalized spacial score (nSPS) is 12.2. The lowest BCUT2D eigenvalue weighted by Gasteiger charge is -2.10. The summed E-state index contributed by atoms with van der Waals surface area (Å²) in [5.41, 5.74) is 3.49. The molecule has 1 aromatic heterocycles. The molecule has 3 aromatic rings. The van der Waals surface area contributed by atoms with E-state index in [4.69, 9.17) is 4.74 Å². The summed E-state index contributed by atoms with van der Waals surface area (Å²) in [6, 6.07) is 18.8. The molecule has 0 spiro atoms. The van der Waals surface area contributed by atoms with Crippen LogP contribution in [0.15, 0.2) is 60.8 Å². The summed E-state index contributed by atoms with van der Waals surface area (Å²) in [5.74, 6) is 0. The number of hydrogen-bond donors (Lipinski definition) is 1. The standard InChI is InChI=1S/C21H24N2O2/c1-25-20(16-24)15-17-7-9-19(10-8-17)22-12-4-13-23-14-11-18-5-2-3-6-21(18)23/h2-3,5-11,14,16,20,22H,4,12-13,15H2,1H3/t20-/m0/s1. The number of aromatic nitrogens is 1. The first-order valence-electron chi connectivity index (χ1n) is 8.65. The third-order valence-corrected chi connectivity index (χ3v) is 4.43. The summed E-state index contributed by atoms with van der Waals surface area (Å²) in [5, 5.41) is 4.74. The first-order chi connectivity index (χ1) is 12.3. The number of rotatable bonds is 9. The molecule has 2 aromatic carbocycles. The van der Waals surface area contributed by atoms with Gasteiger partial charge in [-0.3, -0.25) is 0 Å². The van der Waals surface area contributed by atoms with E-state index >= 15 is 0 Å². The van der Waals surface area contributed by atoms with E-state index in [0.717, 1.165) is 37.0 Å². The topological polar surface area (TPSA) is 43.3 Å². The summed E-state index contributed by atoms with van der Waals surface area (Å²) in [6.45, 7) is 1.91. The number of aldehydes is 1. The molecule has 0 saturated carbocycles. The SMILES string of the molecule is CO[C@H](C=O)Cc1ccc(NCCCn2ccc3ccccc32)cc1. The van der Waals surface area contributed by atoms with Gasteiger partial charge in [0, 0.05) is 44.0 Å². The van der Waals surface area contributed by atoms with Crippen molar-refractivity contribution in [3.63, 3.8) is 0 Å². The van der Waals surface area contributed by atoms with Crippen molar-refractivity contribution in [2.45, 2.75) is 25.5 Å². The molecule has 0 bridgehead atoms. The second kappa shape index (κ2) is 8.49. The van der Waals surface area contributed by atoms with Crippen LogP contribution in [0.2, 0.25) is 0 Å². The van der Waals surface area contributed by atoms with Crippen molar-refractivity contribution in [1.29, 1.82) is 0 Å². The molecular weight excluding hydrogens is 312 g/mol. The monoisotopic (exact) mass is 336 g/mol. The molecule has 1 atom stereocenters. The minimum absolute atomic E-state index is 0.366. The van der Waals surface area contributed by atoms with Crippen molar-refractivity contribution in [2.75, 3.05) is 19.0 Å². The van der Waals surface area contributed by atoms with E-state index in [1.54, 1.807) is 7.11 Å². The number of benzene rings is 2. The van der Waals surface area contributed by atoms with Crippen molar-refractivity contribution >= 4 is 22.9 Å². The molecule has 130 valence electrons.